The molecule has 0 saturated carbocycles. The van der Waals surface area contributed by atoms with Crippen LogP contribution in [-0.4, -0.2) is 14.7 Å². The van der Waals surface area contributed by atoms with Gasteiger partial charge in [-0.2, -0.15) is 18.3 Å². The lowest BCUT2D eigenvalue weighted by Crippen LogP contribution is -2.26. The topological polar surface area (TPSA) is 78.0 Å². The van der Waals surface area contributed by atoms with E-state index < -0.39 is 28.9 Å². The maximum atomic E-state index is 12.6. The van der Waals surface area contributed by atoms with Crippen molar-refractivity contribution >= 4 is 5.69 Å². The molecule has 1 heterocycles. The fourth-order valence-corrected chi connectivity index (χ4v) is 1.70. The first-order chi connectivity index (χ1) is 9.79. The van der Waals surface area contributed by atoms with Gasteiger partial charge in [0.2, 0.25) is 0 Å². The second-order valence-corrected chi connectivity index (χ2v) is 4.10. The second-order valence-electron chi connectivity index (χ2n) is 4.10. The van der Waals surface area contributed by atoms with Crippen molar-refractivity contribution in [2.45, 2.75) is 12.7 Å². The van der Waals surface area contributed by atoms with E-state index >= 15 is 0 Å². The van der Waals surface area contributed by atoms with Crippen molar-refractivity contribution in [2.24, 2.45) is 0 Å². The lowest BCUT2D eigenvalue weighted by atomic mass is 10.2. The zero-order chi connectivity index (χ0) is 15.6. The van der Waals surface area contributed by atoms with Gasteiger partial charge in [-0.15, -0.1) is 0 Å². The molecule has 1 aromatic carbocycles. The summed E-state index contributed by atoms with van der Waals surface area (Å²) >= 11 is 0. The van der Waals surface area contributed by atoms with Gasteiger partial charge in [-0.1, -0.05) is 18.2 Å². The summed E-state index contributed by atoms with van der Waals surface area (Å²) in [7, 11) is 0. The molecule has 0 aliphatic rings. The van der Waals surface area contributed by atoms with Gasteiger partial charge in [0.1, 0.15) is 0 Å². The van der Waals surface area contributed by atoms with Crippen molar-refractivity contribution < 1.29 is 18.1 Å². The molecule has 2 rings (SSSR count). The molecule has 0 amide bonds. The fourth-order valence-electron chi connectivity index (χ4n) is 1.70. The Balaban J connectivity index is 2.45. The average Bonchev–Trinajstić information content (AvgIpc) is 2.40. The summed E-state index contributed by atoms with van der Waals surface area (Å²) in [4.78, 5) is 21.7. The van der Waals surface area contributed by atoms with E-state index in [-0.39, 0.29) is 11.3 Å². The number of rotatable bonds is 3. The van der Waals surface area contributed by atoms with Crippen LogP contribution in [0.2, 0.25) is 0 Å². The molecule has 0 atom stereocenters. The third-order valence-corrected chi connectivity index (χ3v) is 2.67. The zero-order valence-electron chi connectivity index (χ0n) is 10.4. The number of alkyl halides is 3. The first-order valence-electron chi connectivity index (χ1n) is 5.66. The molecule has 1 aromatic heterocycles. The van der Waals surface area contributed by atoms with Crippen molar-refractivity contribution in [2.75, 3.05) is 0 Å². The first-order valence-corrected chi connectivity index (χ1v) is 5.66. The molecule has 0 N–H and O–H groups in total. The van der Waals surface area contributed by atoms with Gasteiger partial charge in [0.25, 0.3) is 11.2 Å². The predicted molar refractivity (Wildman–Crippen MR) is 65.7 cm³/mol. The van der Waals surface area contributed by atoms with Crippen LogP contribution in [0.3, 0.4) is 0 Å². The Kier molecular flexibility index (Phi) is 3.74. The first kappa shape index (κ1) is 14.7. The van der Waals surface area contributed by atoms with Crippen LogP contribution in [0.15, 0.2) is 41.2 Å². The normalized spacial score (nSPS) is 11.4. The highest BCUT2D eigenvalue weighted by molar-refractivity contribution is 5.39. The molecule has 9 heteroatoms. The standard InChI is InChI=1S/C12H8F3N3O3/c13-12(14,15)10-5-6-11(19)17(16-10)7-8-3-1-2-4-9(8)18(20)21/h1-6H,7H2. The monoisotopic (exact) mass is 299 g/mol. The number of benzene rings is 1. The third-order valence-electron chi connectivity index (χ3n) is 2.67. The Bertz CT molecular complexity index is 740. The van der Waals surface area contributed by atoms with Crippen LogP contribution < -0.4 is 5.56 Å². The summed E-state index contributed by atoms with van der Waals surface area (Å²) in [6.07, 6.45) is -4.70. The molecule has 0 bridgehead atoms. The maximum absolute atomic E-state index is 12.6. The van der Waals surface area contributed by atoms with Crippen LogP contribution in [-0.2, 0) is 12.7 Å². The molecule has 0 aliphatic heterocycles. The summed E-state index contributed by atoms with van der Waals surface area (Å²) in [5, 5.41) is 14.0. The summed E-state index contributed by atoms with van der Waals surface area (Å²) < 4.78 is 38.2. The number of hydrogen-bond acceptors (Lipinski definition) is 4. The average molecular weight is 299 g/mol. The van der Waals surface area contributed by atoms with E-state index in [4.69, 9.17) is 0 Å². The molecule has 110 valence electrons. The second kappa shape index (κ2) is 5.35. The molecule has 21 heavy (non-hydrogen) atoms. The largest absolute Gasteiger partial charge is 0.435 e. The molecule has 0 spiro atoms. The Morgan fingerprint density at radius 2 is 1.86 bits per heavy atom. The van der Waals surface area contributed by atoms with Gasteiger partial charge in [0.05, 0.1) is 17.0 Å². The number of nitrogens with zero attached hydrogens (tertiary/aromatic N) is 3. The van der Waals surface area contributed by atoms with Gasteiger partial charge in [-0.05, 0) is 6.07 Å². The number of hydrogen-bond donors (Lipinski definition) is 0. The highest BCUT2D eigenvalue weighted by Crippen LogP contribution is 2.26. The quantitative estimate of drug-likeness (QED) is 0.643. The van der Waals surface area contributed by atoms with Crippen LogP contribution in [0.5, 0.6) is 0 Å². The Labute approximate surface area is 115 Å². The molecule has 0 saturated heterocycles. The molecule has 6 nitrogen and oxygen atoms in total. The van der Waals surface area contributed by atoms with Crippen molar-refractivity contribution in [3.05, 3.63) is 68.1 Å². The van der Waals surface area contributed by atoms with Gasteiger partial charge in [-0.3, -0.25) is 14.9 Å². The van der Waals surface area contributed by atoms with Crippen molar-refractivity contribution in [1.29, 1.82) is 0 Å². The van der Waals surface area contributed by atoms with E-state index in [0.717, 1.165) is 6.07 Å². The summed E-state index contributed by atoms with van der Waals surface area (Å²) in [5.41, 5.74) is -2.21. The van der Waals surface area contributed by atoms with Gasteiger partial charge in [0, 0.05) is 12.1 Å². The number of para-hydroxylation sites is 1. The molecule has 0 aliphatic carbocycles. The van der Waals surface area contributed by atoms with Crippen LogP contribution in [0.4, 0.5) is 18.9 Å². The summed E-state index contributed by atoms with van der Waals surface area (Å²) in [6.45, 7) is -0.417. The Morgan fingerprint density at radius 3 is 2.48 bits per heavy atom. The Hall–Kier alpha value is -2.71. The molecular formula is C12H8F3N3O3. The van der Waals surface area contributed by atoms with Crippen LogP contribution >= 0.6 is 0 Å². The lowest BCUT2D eigenvalue weighted by Gasteiger charge is -2.09. The predicted octanol–water partition coefficient (Wildman–Crippen LogP) is 2.22. The van der Waals surface area contributed by atoms with E-state index in [1.165, 1.54) is 24.3 Å². The van der Waals surface area contributed by atoms with E-state index in [9.17, 15) is 28.1 Å². The minimum atomic E-state index is -4.70. The highest BCUT2D eigenvalue weighted by atomic mass is 19.4. The van der Waals surface area contributed by atoms with Gasteiger partial charge >= 0.3 is 6.18 Å². The zero-order valence-corrected chi connectivity index (χ0v) is 10.4. The summed E-state index contributed by atoms with van der Waals surface area (Å²) in [6, 6.07) is 6.76. The molecule has 0 fully saturated rings. The van der Waals surface area contributed by atoms with Gasteiger partial charge in [-0.25, -0.2) is 4.68 Å². The lowest BCUT2D eigenvalue weighted by molar-refractivity contribution is -0.385. The number of aromatic nitrogens is 2. The van der Waals surface area contributed by atoms with Gasteiger partial charge in [0.15, 0.2) is 5.69 Å². The van der Waals surface area contributed by atoms with Gasteiger partial charge < -0.3 is 0 Å². The maximum Gasteiger partial charge on any atom is 0.435 e. The van der Waals surface area contributed by atoms with Crippen LogP contribution in [0.1, 0.15) is 11.3 Å². The minimum absolute atomic E-state index is 0.0939. The van der Waals surface area contributed by atoms with Crippen LogP contribution in [0, 0.1) is 10.1 Å². The number of nitro benzene ring substituents is 1. The van der Waals surface area contributed by atoms with Crippen molar-refractivity contribution in [3.8, 4) is 0 Å². The third kappa shape index (κ3) is 3.25. The molecule has 2 aromatic rings. The van der Waals surface area contributed by atoms with Crippen molar-refractivity contribution in [3.63, 3.8) is 0 Å². The minimum Gasteiger partial charge on any atom is -0.268 e. The molecular weight excluding hydrogens is 291 g/mol. The SMILES string of the molecule is O=c1ccc(C(F)(F)F)nn1Cc1ccccc1[N+](=O)[O-]. The van der Waals surface area contributed by atoms with E-state index in [1.54, 1.807) is 0 Å². The fraction of sp³-hybridized carbons (Fsp3) is 0.167. The molecule has 0 unspecified atom stereocenters. The highest BCUT2D eigenvalue weighted by Gasteiger charge is 2.33. The number of halogens is 3. The van der Waals surface area contributed by atoms with Crippen molar-refractivity contribution in [1.82, 2.24) is 9.78 Å². The summed E-state index contributed by atoms with van der Waals surface area (Å²) in [5.74, 6) is 0. The Morgan fingerprint density at radius 1 is 1.19 bits per heavy atom. The van der Waals surface area contributed by atoms with E-state index in [1.807, 2.05) is 0 Å². The molecule has 0 radical (unpaired) electrons. The number of nitro groups is 1. The van der Waals surface area contributed by atoms with Crippen LogP contribution in [0.25, 0.3) is 0 Å². The van der Waals surface area contributed by atoms with E-state index in [2.05, 4.69) is 5.10 Å². The smallest absolute Gasteiger partial charge is 0.268 e. The van der Waals surface area contributed by atoms with E-state index in [0.29, 0.717) is 10.7 Å².